The minimum absolute atomic E-state index is 0.0376. The summed E-state index contributed by atoms with van der Waals surface area (Å²) in [4.78, 5) is 26.7. The van der Waals surface area contributed by atoms with Crippen LogP contribution in [0.15, 0.2) is 35.3 Å². The van der Waals surface area contributed by atoms with Gasteiger partial charge in [-0.25, -0.2) is 9.50 Å². The van der Waals surface area contributed by atoms with Crippen LogP contribution in [-0.4, -0.2) is 36.9 Å². The third-order valence-electron chi connectivity index (χ3n) is 5.68. The van der Waals surface area contributed by atoms with Crippen LogP contribution in [0.5, 0.6) is 0 Å². The second-order valence-corrected chi connectivity index (χ2v) is 9.27. The van der Waals surface area contributed by atoms with Crippen molar-refractivity contribution in [3.05, 3.63) is 67.6 Å². The van der Waals surface area contributed by atoms with Crippen LogP contribution in [0.2, 0.25) is 0 Å². The van der Waals surface area contributed by atoms with Crippen LogP contribution in [-0.2, 0) is 17.6 Å². The highest BCUT2D eigenvalue weighted by Gasteiger charge is 2.33. The van der Waals surface area contributed by atoms with E-state index in [0.717, 1.165) is 29.9 Å². The number of amides is 1. The van der Waals surface area contributed by atoms with E-state index >= 15 is 0 Å². The van der Waals surface area contributed by atoms with Gasteiger partial charge in [-0.05, 0) is 60.7 Å². The topological polar surface area (TPSA) is 63.4 Å². The number of hydrogen-bond acceptors (Lipinski definition) is 6. The summed E-state index contributed by atoms with van der Waals surface area (Å²) >= 11 is 3.52. The molecule has 5 heterocycles. The van der Waals surface area contributed by atoms with E-state index in [1.807, 2.05) is 13.8 Å². The summed E-state index contributed by atoms with van der Waals surface area (Å²) in [5.74, 6) is 0.798. The van der Waals surface area contributed by atoms with Crippen molar-refractivity contribution in [1.82, 2.24) is 24.5 Å². The molecule has 0 N–H and O–H groups in total. The Morgan fingerprint density at radius 3 is 2.97 bits per heavy atom. The van der Waals surface area contributed by atoms with Gasteiger partial charge in [0.1, 0.15) is 6.33 Å². The van der Waals surface area contributed by atoms with Crippen molar-refractivity contribution in [3.8, 4) is 0 Å². The van der Waals surface area contributed by atoms with Crippen molar-refractivity contribution < 1.29 is 4.79 Å². The smallest absolute Gasteiger partial charge is 0.252 e. The number of thiophene rings is 2. The highest BCUT2D eigenvalue weighted by Crippen LogP contribution is 2.39. The number of aromatic nitrogens is 4. The molecule has 0 saturated heterocycles. The van der Waals surface area contributed by atoms with Gasteiger partial charge in [-0.1, -0.05) is 6.07 Å². The van der Waals surface area contributed by atoms with Crippen molar-refractivity contribution >= 4 is 34.4 Å². The van der Waals surface area contributed by atoms with Crippen molar-refractivity contribution in [3.63, 3.8) is 0 Å². The van der Waals surface area contributed by atoms with Crippen LogP contribution in [0.25, 0.3) is 5.78 Å². The normalized spacial score (nSPS) is 16.3. The van der Waals surface area contributed by atoms with Gasteiger partial charge in [-0.3, -0.25) is 4.79 Å². The second kappa shape index (κ2) is 7.35. The van der Waals surface area contributed by atoms with Gasteiger partial charge in [-0.2, -0.15) is 10.1 Å². The van der Waals surface area contributed by atoms with Crippen LogP contribution < -0.4 is 0 Å². The molecule has 6 nitrogen and oxygen atoms in total. The second-order valence-electron chi connectivity index (χ2n) is 7.29. The Morgan fingerprint density at radius 1 is 1.24 bits per heavy atom. The fourth-order valence-corrected chi connectivity index (χ4v) is 5.99. The highest BCUT2D eigenvalue weighted by molar-refractivity contribution is 7.10. The fourth-order valence-electron chi connectivity index (χ4n) is 4.23. The maximum Gasteiger partial charge on any atom is 0.252 e. The van der Waals surface area contributed by atoms with Gasteiger partial charge in [0.2, 0.25) is 5.91 Å². The monoisotopic (exact) mass is 423 g/mol. The quantitative estimate of drug-likeness (QED) is 0.498. The average Bonchev–Trinajstić information content (AvgIpc) is 3.47. The van der Waals surface area contributed by atoms with E-state index in [9.17, 15) is 4.79 Å². The number of nitrogens with zero attached hydrogens (tertiary/aromatic N) is 5. The SMILES string of the molecule is Cc1nc2ncnn2c(C)c1CCC(=O)N1CCc2sccc2[C@@H]1c1cccs1. The Hall–Kier alpha value is -2.58. The molecule has 1 aliphatic rings. The van der Waals surface area contributed by atoms with Crippen molar-refractivity contribution in [2.75, 3.05) is 6.54 Å². The third kappa shape index (κ3) is 3.16. The van der Waals surface area contributed by atoms with Gasteiger partial charge in [0, 0.05) is 34.1 Å². The van der Waals surface area contributed by atoms with Gasteiger partial charge in [0.15, 0.2) is 0 Å². The summed E-state index contributed by atoms with van der Waals surface area (Å²) in [5.41, 5.74) is 4.29. The van der Waals surface area contributed by atoms with E-state index in [1.165, 1.54) is 21.6 Å². The van der Waals surface area contributed by atoms with Crippen LogP contribution in [0.3, 0.4) is 0 Å². The molecule has 0 bridgehead atoms. The Labute approximate surface area is 176 Å². The molecule has 1 atom stereocenters. The lowest BCUT2D eigenvalue weighted by Crippen LogP contribution is -2.39. The zero-order valence-corrected chi connectivity index (χ0v) is 18.0. The maximum absolute atomic E-state index is 13.3. The van der Waals surface area contributed by atoms with Crippen molar-refractivity contribution in [2.24, 2.45) is 0 Å². The molecule has 1 aliphatic heterocycles. The van der Waals surface area contributed by atoms with Crippen LogP contribution in [0, 0.1) is 13.8 Å². The first-order valence-electron chi connectivity index (χ1n) is 9.68. The van der Waals surface area contributed by atoms with Gasteiger partial charge in [0.05, 0.1) is 6.04 Å². The number of rotatable bonds is 4. The van der Waals surface area contributed by atoms with Crippen LogP contribution in [0.4, 0.5) is 0 Å². The van der Waals surface area contributed by atoms with Crippen molar-refractivity contribution in [1.29, 1.82) is 0 Å². The first-order valence-corrected chi connectivity index (χ1v) is 11.4. The molecule has 0 aromatic carbocycles. The average molecular weight is 424 g/mol. The van der Waals surface area contributed by atoms with Gasteiger partial charge < -0.3 is 4.90 Å². The Bertz CT molecular complexity index is 1180. The van der Waals surface area contributed by atoms with E-state index in [4.69, 9.17) is 0 Å². The third-order valence-corrected chi connectivity index (χ3v) is 7.60. The van der Waals surface area contributed by atoms with E-state index in [-0.39, 0.29) is 11.9 Å². The van der Waals surface area contributed by atoms with E-state index < -0.39 is 0 Å². The lowest BCUT2D eigenvalue weighted by Gasteiger charge is -2.35. The minimum Gasteiger partial charge on any atom is -0.330 e. The number of fused-ring (bicyclic) bond motifs is 2. The molecule has 29 heavy (non-hydrogen) atoms. The molecule has 1 amide bonds. The van der Waals surface area contributed by atoms with Crippen LogP contribution >= 0.6 is 22.7 Å². The molecule has 4 aromatic rings. The zero-order chi connectivity index (χ0) is 20.0. The lowest BCUT2D eigenvalue weighted by molar-refractivity contribution is -0.133. The Kier molecular flexibility index (Phi) is 4.67. The molecular formula is C21H21N5OS2. The van der Waals surface area contributed by atoms with Crippen LogP contribution in [0.1, 0.15) is 44.7 Å². The molecule has 148 valence electrons. The number of hydrogen-bond donors (Lipinski definition) is 0. The van der Waals surface area contributed by atoms with E-state index in [0.29, 0.717) is 18.6 Å². The molecule has 0 radical (unpaired) electrons. The highest BCUT2D eigenvalue weighted by atomic mass is 32.1. The molecule has 4 aromatic heterocycles. The Morgan fingerprint density at radius 2 is 2.14 bits per heavy atom. The maximum atomic E-state index is 13.3. The molecule has 0 fully saturated rings. The summed E-state index contributed by atoms with van der Waals surface area (Å²) in [6.45, 7) is 4.77. The predicted molar refractivity (Wildman–Crippen MR) is 114 cm³/mol. The predicted octanol–water partition coefficient (Wildman–Crippen LogP) is 3.97. The molecule has 8 heteroatoms. The largest absolute Gasteiger partial charge is 0.330 e. The van der Waals surface area contributed by atoms with E-state index in [1.54, 1.807) is 27.2 Å². The lowest BCUT2D eigenvalue weighted by atomic mass is 9.97. The molecule has 0 unspecified atom stereocenters. The molecule has 0 spiro atoms. The molecule has 0 saturated carbocycles. The van der Waals surface area contributed by atoms with Crippen molar-refractivity contribution in [2.45, 2.75) is 39.2 Å². The molecule has 0 aliphatic carbocycles. The summed E-state index contributed by atoms with van der Waals surface area (Å²) in [5, 5.41) is 8.48. The summed E-state index contributed by atoms with van der Waals surface area (Å²) in [6, 6.07) is 6.42. The fraction of sp³-hybridized carbons (Fsp3) is 0.333. The van der Waals surface area contributed by atoms with Gasteiger partial charge in [-0.15, -0.1) is 22.7 Å². The first-order chi connectivity index (χ1) is 14.1. The summed E-state index contributed by atoms with van der Waals surface area (Å²) < 4.78 is 1.75. The number of carbonyl (C=O) groups is 1. The van der Waals surface area contributed by atoms with Gasteiger partial charge in [0.25, 0.3) is 5.78 Å². The molecule has 5 rings (SSSR count). The zero-order valence-electron chi connectivity index (χ0n) is 16.3. The van der Waals surface area contributed by atoms with E-state index in [2.05, 4.69) is 48.9 Å². The Balaban J connectivity index is 1.41. The molecular weight excluding hydrogens is 402 g/mol. The van der Waals surface area contributed by atoms with Gasteiger partial charge >= 0.3 is 0 Å². The standard InChI is InChI=1S/C21H21N5OS2/c1-13-15(14(2)26-21(24-13)22-12-23-26)5-6-19(27)25-9-7-17-16(8-11-29-17)20(25)18-4-3-10-28-18/h3-4,8,10-12,20H,5-7,9H2,1-2H3/t20-/m1/s1. The number of carbonyl (C=O) groups excluding carboxylic acids is 1. The summed E-state index contributed by atoms with van der Waals surface area (Å²) in [7, 11) is 0. The first kappa shape index (κ1) is 18.4. The minimum atomic E-state index is 0.0376. The number of aryl methyl sites for hydroxylation is 2. The summed E-state index contributed by atoms with van der Waals surface area (Å²) in [6.07, 6.45) is 3.57.